The minimum absolute atomic E-state index is 0.0961. The van der Waals surface area contributed by atoms with E-state index in [0.717, 1.165) is 5.56 Å². The largest absolute Gasteiger partial charge is 0.480 e. The van der Waals surface area contributed by atoms with Gasteiger partial charge in [0.1, 0.15) is 6.04 Å². The normalized spacial score (nSPS) is 12.0. The maximum Gasteiger partial charge on any atom is 0.411 e. The lowest BCUT2D eigenvalue weighted by molar-refractivity contribution is -0.143. The highest BCUT2D eigenvalue weighted by Gasteiger charge is 2.32. The molecule has 0 bridgehead atoms. The number of carbonyl (C=O) groups excluding carboxylic acids is 1. The van der Waals surface area contributed by atoms with Crippen molar-refractivity contribution in [1.82, 2.24) is 9.88 Å². The second kappa shape index (κ2) is 8.44. The molecule has 24 heavy (non-hydrogen) atoms. The molecule has 128 valence electrons. The number of ether oxygens (including phenoxy) is 1. The summed E-state index contributed by atoms with van der Waals surface area (Å²) >= 11 is 1.39. The molecule has 1 amide bonds. The van der Waals surface area contributed by atoms with Gasteiger partial charge < -0.3 is 9.84 Å². The number of carbonyl (C=O) groups is 2. The molecule has 2 rings (SSSR count). The predicted molar refractivity (Wildman–Crippen MR) is 90.8 cm³/mol. The topological polar surface area (TPSA) is 79.7 Å². The van der Waals surface area contributed by atoms with E-state index < -0.39 is 18.1 Å². The predicted octanol–water partition coefficient (Wildman–Crippen LogP) is 3.19. The smallest absolute Gasteiger partial charge is 0.411 e. The second-order valence-electron chi connectivity index (χ2n) is 5.58. The number of nitrogens with zero attached hydrogens (tertiary/aromatic N) is 2. The SMILES string of the molecule is CC(C)OC(=O)N(Cc1cscn1)C(Cc1ccccc1)C(=O)O. The van der Waals surface area contributed by atoms with Gasteiger partial charge >= 0.3 is 12.1 Å². The van der Waals surface area contributed by atoms with E-state index in [2.05, 4.69) is 4.98 Å². The van der Waals surface area contributed by atoms with Crippen molar-refractivity contribution in [2.45, 2.75) is 39.0 Å². The molecular formula is C17H20N2O4S. The molecule has 0 radical (unpaired) electrons. The molecule has 0 spiro atoms. The molecule has 1 aromatic carbocycles. The zero-order valence-electron chi connectivity index (χ0n) is 13.6. The highest BCUT2D eigenvalue weighted by molar-refractivity contribution is 7.07. The summed E-state index contributed by atoms with van der Waals surface area (Å²) in [5, 5.41) is 11.4. The zero-order chi connectivity index (χ0) is 17.5. The van der Waals surface area contributed by atoms with Crippen molar-refractivity contribution in [3.05, 3.63) is 52.5 Å². The highest BCUT2D eigenvalue weighted by atomic mass is 32.1. The first-order valence-electron chi connectivity index (χ1n) is 7.58. The van der Waals surface area contributed by atoms with Crippen LogP contribution in [-0.2, 0) is 22.5 Å². The Morgan fingerprint density at radius 2 is 2.00 bits per heavy atom. The molecular weight excluding hydrogens is 328 g/mol. The molecule has 0 fully saturated rings. The number of hydrogen-bond acceptors (Lipinski definition) is 5. The van der Waals surface area contributed by atoms with Gasteiger partial charge in [-0.15, -0.1) is 11.3 Å². The Morgan fingerprint density at radius 1 is 1.29 bits per heavy atom. The quantitative estimate of drug-likeness (QED) is 0.831. The summed E-state index contributed by atoms with van der Waals surface area (Å²) < 4.78 is 5.23. The van der Waals surface area contributed by atoms with Crippen molar-refractivity contribution >= 4 is 23.4 Å². The lowest BCUT2D eigenvalue weighted by atomic mass is 10.0. The number of rotatable bonds is 7. The van der Waals surface area contributed by atoms with Gasteiger partial charge in [-0.3, -0.25) is 4.90 Å². The lowest BCUT2D eigenvalue weighted by Crippen LogP contribution is -2.46. The van der Waals surface area contributed by atoms with Gasteiger partial charge in [-0.25, -0.2) is 14.6 Å². The Bertz CT molecular complexity index is 658. The monoisotopic (exact) mass is 348 g/mol. The Morgan fingerprint density at radius 3 is 2.54 bits per heavy atom. The molecule has 0 saturated carbocycles. The average Bonchev–Trinajstić information content (AvgIpc) is 3.04. The van der Waals surface area contributed by atoms with Gasteiger partial charge in [-0.05, 0) is 19.4 Å². The van der Waals surface area contributed by atoms with E-state index in [4.69, 9.17) is 4.74 Å². The number of aliphatic carboxylic acids is 1. The summed E-state index contributed by atoms with van der Waals surface area (Å²) in [7, 11) is 0. The first-order valence-corrected chi connectivity index (χ1v) is 8.52. The van der Waals surface area contributed by atoms with Crippen molar-refractivity contribution in [3.8, 4) is 0 Å². The van der Waals surface area contributed by atoms with Gasteiger partial charge in [-0.1, -0.05) is 30.3 Å². The van der Waals surface area contributed by atoms with E-state index in [1.807, 2.05) is 30.3 Å². The molecule has 6 nitrogen and oxygen atoms in total. The van der Waals surface area contributed by atoms with Crippen molar-refractivity contribution in [3.63, 3.8) is 0 Å². The standard InChI is InChI=1S/C17H20N2O4S/c1-12(2)23-17(22)19(9-14-10-24-11-18-14)15(16(20)21)8-13-6-4-3-5-7-13/h3-7,10-12,15H,8-9H2,1-2H3,(H,20,21). The maximum atomic E-state index is 12.4. The van der Waals surface area contributed by atoms with Crippen LogP contribution in [0.2, 0.25) is 0 Å². The van der Waals surface area contributed by atoms with Crippen LogP contribution >= 0.6 is 11.3 Å². The van der Waals surface area contributed by atoms with Crippen LogP contribution in [-0.4, -0.2) is 39.2 Å². The molecule has 1 heterocycles. The summed E-state index contributed by atoms with van der Waals surface area (Å²) in [5.41, 5.74) is 3.12. The average molecular weight is 348 g/mol. The third-order valence-electron chi connectivity index (χ3n) is 3.32. The van der Waals surface area contributed by atoms with Crippen molar-refractivity contribution in [2.24, 2.45) is 0 Å². The zero-order valence-corrected chi connectivity index (χ0v) is 14.4. The fourth-order valence-electron chi connectivity index (χ4n) is 2.23. The van der Waals surface area contributed by atoms with Gasteiger partial charge in [0, 0.05) is 11.8 Å². The number of thiazole rings is 1. The van der Waals surface area contributed by atoms with Gasteiger partial charge in [0.15, 0.2) is 0 Å². The number of benzene rings is 1. The van der Waals surface area contributed by atoms with Crippen LogP contribution in [0.15, 0.2) is 41.2 Å². The van der Waals surface area contributed by atoms with Crippen LogP contribution in [0, 0.1) is 0 Å². The molecule has 0 aliphatic rings. The molecule has 0 saturated heterocycles. The highest BCUT2D eigenvalue weighted by Crippen LogP contribution is 2.16. The summed E-state index contributed by atoms with van der Waals surface area (Å²) in [5.74, 6) is -1.07. The summed E-state index contributed by atoms with van der Waals surface area (Å²) in [6, 6.07) is 8.19. The maximum absolute atomic E-state index is 12.4. The second-order valence-corrected chi connectivity index (χ2v) is 6.30. The minimum atomic E-state index is -1.07. The van der Waals surface area contributed by atoms with E-state index in [0.29, 0.717) is 5.69 Å². The van der Waals surface area contributed by atoms with E-state index in [-0.39, 0.29) is 19.1 Å². The van der Waals surface area contributed by atoms with Crippen LogP contribution < -0.4 is 0 Å². The Kier molecular flexibility index (Phi) is 6.31. The van der Waals surface area contributed by atoms with E-state index in [1.54, 1.807) is 24.7 Å². The van der Waals surface area contributed by atoms with Crippen LogP contribution in [0.5, 0.6) is 0 Å². The molecule has 0 aliphatic carbocycles. The summed E-state index contributed by atoms with van der Waals surface area (Å²) in [4.78, 5) is 29.6. The van der Waals surface area contributed by atoms with Crippen LogP contribution in [0.25, 0.3) is 0 Å². The van der Waals surface area contributed by atoms with Gasteiger partial charge in [0.25, 0.3) is 0 Å². The molecule has 7 heteroatoms. The first kappa shape index (κ1) is 17.9. The fourth-order valence-corrected chi connectivity index (χ4v) is 2.78. The lowest BCUT2D eigenvalue weighted by Gasteiger charge is -2.28. The molecule has 1 atom stereocenters. The minimum Gasteiger partial charge on any atom is -0.480 e. The third kappa shape index (κ3) is 5.06. The van der Waals surface area contributed by atoms with Gasteiger partial charge in [-0.2, -0.15) is 0 Å². The molecule has 1 N–H and O–H groups in total. The van der Waals surface area contributed by atoms with Crippen LogP contribution in [0.4, 0.5) is 4.79 Å². The van der Waals surface area contributed by atoms with Gasteiger partial charge in [0.2, 0.25) is 0 Å². The third-order valence-corrected chi connectivity index (χ3v) is 3.96. The van der Waals surface area contributed by atoms with E-state index in [1.165, 1.54) is 16.2 Å². The summed E-state index contributed by atoms with van der Waals surface area (Å²) in [6.07, 6.45) is -0.782. The Balaban J connectivity index is 2.25. The first-order chi connectivity index (χ1) is 11.5. The summed E-state index contributed by atoms with van der Waals surface area (Å²) in [6.45, 7) is 3.55. The number of amides is 1. The number of hydrogen-bond donors (Lipinski definition) is 1. The molecule has 2 aromatic rings. The van der Waals surface area contributed by atoms with E-state index in [9.17, 15) is 14.7 Å². The van der Waals surface area contributed by atoms with Crippen molar-refractivity contribution in [1.29, 1.82) is 0 Å². The van der Waals surface area contributed by atoms with Crippen molar-refractivity contribution in [2.75, 3.05) is 0 Å². The Labute approximate surface area is 144 Å². The van der Waals surface area contributed by atoms with E-state index >= 15 is 0 Å². The van der Waals surface area contributed by atoms with Gasteiger partial charge in [0.05, 0.1) is 23.9 Å². The number of carboxylic acid groups (broad SMARTS) is 1. The molecule has 0 aliphatic heterocycles. The molecule has 1 unspecified atom stereocenters. The number of carboxylic acids is 1. The Hall–Kier alpha value is -2.41. The fraction of sp³-hybridized carbons (Fsp3) is 0.353. The molecule has 1 aromatic heterocycles. The van der Waals surface area contributed by atoms with Crippen LogP contribution in [0.3, 0.4) is 0 Å². The number of aromatic nitrogens is 1. The van der Waals surface area contributed by atoms with Crippen LogP contribution in [0.1, 0.15) is 25.1 Å². The van der Waals surface area contributed by atoms with Crippen molar-refractivity contribution < 1.29 is 19.4 Å².